The second-order valence-corrected chi connectivity index (χ2v) is 4.82. The summed E-state index contributed by atoms with van der Waals surface area (Å²) in [6.45, 7) is 0. The van der Waals surface area contributed by atoms with Crippen LogP contribution in [-0.2, 0) is 0 Å². The van der Waals surface area contributed by atoms with Crippen molar-refractivity contribution in [1.29, 1.82) is 0 Å². The van der Waals surface area contributed by atoms with Crippen molar-refractivity contribution in [2.24, 2.45) is 0 Å². The van der Waals surface area contributed by atoms with Gasteiger partial charge in [0, 0.05) is 11.1 Å². The highest BCUT2D eigenvalue weighted by Gasteiger charge is 2.29. The topological polar surface area (TPSA) is 15.8 Å². The lowest BCUT2D eigenvalue weighted by Gasteiger charge is -2.06. The minimum atomic E-state index is -4.26. The molecule has 0 atom stereocenters. The van der Waals surface area contributed by atoms with E-state index < -0.39 is 5.51 Å². The van der Waals surface area contributed by atoms with Crippen molar-refractivity contribution < 1.29 is 13.2 Å². The minimum Gasteiger partial charge on any atom is -0.360 e. The summed E-state index contributed by atoms with van der Waals surface area (Å²) in [6, 6.07) is 7.74. The Morgan fingerprint density at radius 3 is 2.18 bits per heavy atom. The van der Waals surface area contributed by atoms with E-state index in [1.54, 1.807) is 24.4 Å². The number of alkyl halides is 3. The first kappa shape index (κ1) is 12.4. The van der Waals surface area contributed by atoms with Crippen LogP contribution in [0.4, 0.5) is 13.2 Å². The predicted molar refractivity (Wildman–Crippen MR) is 63.2 cm³/mol. The van der Waals surface area contributed by atoms with Gasteiger partial charge in [-0.1, -0.05) is 23.7 Å². The lowest BCUT2D eigenvalue weighted by molar-refractivity contribution is -0.0328. The zero-order valence-electron chi connectivity index (χ0n) is 8.38. The lowest BCUT2D eigenvalue weighted by atomic mass is 10.2. The van der Waals surface area contributed by atoms with E-state index in [0.29, 0.717) is 10.7 Å². The van der Waals surface area contributed by atoms with Crippen LogP contribution in [0.15, 0.2) is 41.4 Å². The van der Waals surface area contributed by atoms with E-state index in [1.807, 2.05) is 0 Å². The Morgan fingerprint density at radius 1 is 1.06 bits per heavy atom. The fourth-order valence-electron chi connectivity index (χ4n) is 1.39. The number of hydrogen-bond acceptors (Lipinski definition) is 1. The number of H-pyrrole nitrogens is 1. The Kier molecular flexibility index (Phi) is 3.40. The molecule has 1 N–H and O–H groups in total. The Morgan fingerprint density at radius 2 is 1.71 bits per heavy atom. The first-order chi connectivity index (χ1) is 7.96. The van der Waals surface area contributed by atoms with Crippen molar-refractivity contribution in [3.63, 3.8) is 0 Å². The van der Waals surface area contributed by atoms with Crippen molar-refractivity contribution in [3.8, 4) is 11.3 Å². The van der Waals surface area contributed by atoms with E-state index in [4.69, 9.17) is 11.6 Å². The molecule has 1 aromatic carbocycles. The lowest BCUT2D eigenvalue weighted by Crippen LogP contribution is -1.98. The third-order valence-electron chi connectivity index (χ3n) is 2.07. The van der Waals surface area contributed by atoms with Gasteiger partial charge in [-0.2, -0.15) is 13.2 Å². The van der Waals surface area contributed by atoms with E-state index in [1.165, 1.54) is 12.1 Å². The molecule has 0 unspecified atom stereocenters. The molecular formula is C11H7ClF3NS. The molecular weight excluding hydrogens is 271 g/mol. The molecule has 2 aromatic rings. The van der Waals surface area contributed by atoms with Crippen LogP contribution in [0.5, 0.6) is 0 Å². The van der Waals surface area contributed by atoms with Gasteiger partial charge in [0.05, 0.1) is 10.7 Å². The maximum atomic E-state index is 12.1. The summed E-state index contributed by atoms with van der Waals surface area (Å²) in [5.74, 6) is 0. The SMILES string of the molecule is FC(F)(F)Sc1ccc(-c2[nH]ccc2Cl)cc1. The molecule has 0 radical (unpaired) electrons. The zero-order chi connectivity index (χ0) is 12.5. The summed E-state index contributed by atoms with van der Waals surface area (Å²) < 4.78 is 36.3. The highest BCUT2D eigenvalue weighted by Crippen LogP contribution is 2.37. The fraction of sp³-hybridized carbons (Fsp3) is 0.0909. The van der Waals surface area contributed by atoms with Gasteiger partial charge in [-0.25, -0.2) is 0 Å². The number of halogens is 4. The van der Waals surface area contributed by atoms with Gasteiger partial charge in [-0.15, -0.1) is 0 Å². The quantitative estimate of drug-likeness (QED) is 0.768. The Bertz CT molecular complexity index is 504. The molecule has 1 heterocycles. The summed E-state index contributed by atoms with van der Waals surface area (Å²) in [7, 11) is 0. The Balaban J connectivity index is 2.22. The number of hydrogen-bond donors (Lipinski definition) is 1. The van der Waals surface area contributed by atoms with Crippen LogP contribution in [0.2, 0.25) is 5.02 Å². The van der Waals surface area contributed by atoms with Gasteiger partial charge in [0.1, 0.15) is 0 Å². The number of aromatic amines is 1. The summed E-state index contributed by atoms with van der Waals surface area (Å²) in [6.07, 6.45) is 1.68. The molecule has 0 bridgehead atoms. The van der Waals surface area contributed by atoms with Crippen LogP contribution in [0.1, 0.15) is 0 Å². The van der Waals surface area contributed by atoms with Gasteiger partial charge in [-0.3, -0.25) is 0 Å². The van der Waals surface area contributed by atoms with Crippen molar-refractivity contribution in [3.05, 3.63) is 41.6 Å². The van der Waals surface area contributed by atoms with Crippen molar-refractivity contribution >= 4 is 23.4 Å². The molecule has 0 aliphatic rings. The molecule has 1 aromatic heterocycles. The van der Waals surface area contributed by atoms with Crippen molar-refractivity contribution in [1.82, 2.24) is 4.98 Å². The molecule has 0 aliphatic heterocycles. The number of aromatic nitrogens is 1. The molecule has 17 heavy (non-hydrogen) atoms. The van der Waals surface area contributed by atoms with Gasteiger partial charge >= 0.3 is 5.51 Å². The highest BCUT2D eigenvalue weighted by atomic mass is 35.5. The number of thioether (sulfide) groups is 1. The molecule has 90 valence electrons. The molecule has 0 fully saturated rings. The minimum absolute atomic E-state index is 0.132. The number of benzene rings is 1. The van der Waals surface area contributed by atoms with Gasteiger partial charge in [0.15, 0.2) is 0 Å². The van der Waals surface area contributed by atoms with Crippen LogP contribution in [-0.4, -0.2) is 10.5 Å². The first-order valence-corrected chi connectivity index (χ1v) is 5.84. The molecule has 2 rings (SSSR count). The zero-order valence-corrected chi connectivity index (χ0v) is 9.96. The number of nitrogens with one attached hydrogen (secondary N) is 1. The maximum absolute atomic E-state index is 12.1. The summed E-state index contributed by atoms with van der Waals surface area (Å²) >= 11 is 5.77. The monoisotopic (exact) mass is 277 g/mol. The normalized spacial score (nSPS) is 11.8. The van der Waals surface area contributed by atoms with E-state index >= 15 is 0 Å². The molecule has 0 aliphatic carbocycles. The van der Waals surface area contributed by atoms with Gasteiger partial charge in [0.25, 0.3) is 0 Å². The van der Waals surface area contributed by atoms with E-state index in [2.05, 4.69) is 4.98 Å². The van der Waals surface area contributed by atoms with Crippen LogP contribution in [0.25, 0.3) is 11.3 Å². The average molecular weight is 278 g/mol. The molecule has 6 heteroatoms. The standard InChI is InChI=1S/C11H7ClF3NS/c12-9-5-6-16-10(9)7-1-3-8(4-2-7)17-11(13,14)15/h1-6,16H. The summed E-state index contributed by atoms with van der Waals surface area (Å²) in [5, 5.41) is 0.543. The average Bonchev–Trinajstić information content (AvgIpc) is 2.63. The molecule has 0 saturated carbocycles. The molecule has 0 saturated heterocycles. The largest absolute Gasteiger partial charge is 0.446 e. The molecule has 0 spiro atoms. The van der Waals surface area contributed by atoms with E-state index in [-0.39, 0.29) is 16.7 Å². The smallest absolute Gasteiger partial charge is 0.360 e. The highest BCUT2D eigenvalue weighted by molar-refractivity contribution is 8.00. The van der Waals surface area contributed by atoms with E-state index in [0.717, 1.165) is 5.56 Å². The van der Waals surface area contributed by atoms with Crippen LogP contribution >= 0.6 is 23.4 Å². The fourth-order valence-corrected chi connectivity index (χ4v) is 2.16. The second kappa shape index (κ2) is 4.66. The van der Waals surface area contributed by atoms with Crippen LogP contribution < -0.4 is 0 Å². The van der Waals surface area contributed by atoms with E-state index in [9.17, 15) is 13.2 Å². The van der Waals surface area contributed by atoms with Crippen LogP contribution in [0, 0.1) is 0 Å². The Labute approximate surface area is 105 Å². The predicted octanol–water partition coefficient (Wildman–Crippen LogP) is 4.95. The van der Waals surface area contributed by atoms with Gasteiger partial charge in [0.2, 0.25) is 0 Å². The van der Waals surface area contributed by atoms with Crippen molar-refractivity contribution in [2.75, 3.05) is 0 Å². The van der Waals surface area contributed by atoms with Crippen molar-refractivity contribution in [2.45, 2.75) is 10.4 Å². The third kappa shape index (κ3) is 3.20. The maximum Gasteiger partial charge on any atom is 0.446 e. The van der Waals surface area contributed by atoms with Crippen LogP contribution in [0.3, 0.4) is 0 Å². The molecule has 1 nitrogen and oxygen atoms in total. The molecule has 0 amide bonds. The number of rotatable bonds is 2. The first-order valence-electron chi connectivity index (χ1n) is 4.65. The summed E-state index contributed by atoms with van der Waals surface area (Å²) in [4.78, 5) is 3.08. The Hall–Kier alpha value is -1.07. The van der Waals surface area contributed by atoms with Gasteiger partial charge in [-0.05, 0) is 35.5 Å². The summed E-state index contributed by atoms with van der Waals surface area (Å²) in [5.41, 5.74) is -2.80. The van der Waals surface area contributed by atoms with Gasteiger partial charge < -0.3 is 4.98 Å². The third-order valence-corrected chi connectivity index (χ3v) is 3.13. The second-order valence-electron chi connectivity index (χ2n) is 3.27.